The molecule has 0 aliphatic carbocycles. The molecule has 3 heteroatoms. The number of nitrogens with one attached hydrogen (secondary N) is 1. The van der Waals surface area contributed by atoms with E-state index in [4.69, 9.17) is 0 Å². The fourth-order valence-corrected chi connectivity index (χ4v) is 2.12. The summed E-state index contributed by atoms with van der Waals surface area (Å²) >= 11 is 0. The maximum atomic E-state index is 12.1. The van der Waals surface area contributed by atoms with Crippen LogP contribution in [0.5, 0.6) is 0 Å². The van der Waals surface area contributed by atoms with E-state index in [1.165, 1.54) is 12.8 Å². The van der Waals surface area contributed by atoms with Crippen molar-refractivity contribution >= 4 is 5.91 Å². The lowest BCUT2D eigenvalue weighted by atomic mass is 10.1. The van der Waals surface area contributed by atoms with Gasteiger partial charge >= 0.3 is 0 Å². The number of carbonyl (C=O) groups excluding carboxylic acids is 1. The minimum atomic E-state index is 0.0663. The molecule has 0 aromatic rings. The first-order valence-corrected chi connectivity index (χ1v) is 7.22. The highest BCUT2D eigenvalue weighted by atomic mass is 16.2. The number of hydrogen-bond donors (Lipinski definition) is 1. The Balaban J connectivity index is 4.13. The standard InChI is InChI=1S/C14H30N2O/c1-5-9-10-12-15-14(17)13(11-6-2)16(7-3)8-4/h13H,5-12H2,1-4H3,(H,15,17). The predicted molar refractivity (Wildman–Crippen MR) is 74.2 cm³/mol. The first-order chi connectivity index (χ1) is 8.21. The van der Waals surface area contributed by atoms with Crippen molar-refractivity contribution in [1.82, 2.24) is 10.2 Å². The van der Waals surface area contributed by atoms with Crippen molar-refractivity contribution in [3.8, 4) is 0 Å². The zero-order valence-electron chi connectivity index (χ0n) is 12.1. The van der Waals surface area contributed by atoms with Crippen LogP contribution in [0, 0.1) is 0 Å². The minimum absolute atomic E-state index is 0.0663. The third-order valence-corrected chi connectivity index (χ3v) is 3.20. The fraction of sp³-hybridized carbons (Fsp3) is 0.929. The van der Waals surface area contributed by atoms with E-state index >= 15 is 0 Å². The molecule has 0 saturated heterocycles. The van der Waals surface area contributed by atoms with E-state index in [2.05, 4.69) is 37.9 Å². The van der Waals surface area contributed by atoms with Crippen molar-refractivity contribution in [2.24, 2.45) is 0 Å². The number of rotatable bonds is 10. The van der Waals surface area contributed by atoms with Crippen molar-refractivity contribution in [2.45, 2.75) is 65.8 Å². The highest BCUT2D eigenvalue weighted by Crippen LogP contribution is 2.07. The predicted octanol–water partition coefficient (Wildman–Crippen LogP) is 2.80. The molecule has 3 nitrogen and oxygen atoms in total. The molecular formula is C14H30N2O. The molecule has 102 valence electrons. The zero-order chi connectivity index (χ0) is 13.1. The molecule has 0 bridgehead atoms. The van der Waals surface area contributed by atoms with Crippen LogP contribution in [-0.2, 0) is 4.79 Å². The molecule has 1 unspecified atom stereocenters. The summed E-state index contributed by atoms with van der Waals surface area (Å²) in [6.45, 7) is 11.3. The average molecular weight is 242 g/mol. The van der Waals surface area contributed by atoms with E-state index in [0.717, 1.165) is 38.9 Å². The molecule has 0 heterocycles. The Morgan fingerprint density at radius 2 is 1.71 bits per heavy atom. The van der Waals surface area contributed by atoms with Gasteiger partial charge in [-0.3, -0.25) is 9.69 Å². The summed E-state index contributed by atoms with van der Waals surface area (Å²) in [6, 6.07) is 0.0663. The van der Waals surface area contributed by atoms with E-state index in [9.17, 15) is 4.79 Å². The molecule has 1 amide bonds. The molecule has 0 saturated carbocycles. The third-order valence-electron chi connectivity index (χ3n) is 3.20. The molecule has 17 heavy (non-hydrogen) atoms. The van der Waals surface area contributed by atoms with Crippen LogP contribution >= 0.6 is 0 Å². The molecule has 1 N–H and O–H groups in total. The van der Waals surface area contributed by atoms with Gasteiger partial charge in [0.15, 0.2) is 0 Å². The summed E-state index contributed by atoms with van der Waals surface area (Å²) in [6.07, 6.45) is 5.51. The Morgan fingerprint density at radius 1 is 1.06 bits per heavy atom. The van der Waals surface area contributed by atoms with Crippen molar-refractivity contribution in [3.05, 3.63) is 0 Å². The van der Waals surface area contributed by atoms with Crippen molar-refractivity contribution in [2.75, 3.05) is 19.6 Å². The zero-order valence-corrected chi connectivity index (χ0v) is 12.1. The normalized spacial score (nSPS) is 12.8. The van der Waals surface area contributed by atoms with Crippen LogP contribution in [-0.4, -0.2) is 36.5 Å². The molecule has 0 aliphatic rings. The Bertz CT molecular complexity index is 191. The largest absolute Gasteiger partial charge is 0.355 e. The molecule has 0 aromatic heterocycles. The van der Waals surface area contributed by atoms with Gasteiger partial charge in [-0.05, 0) is 25.9 Å². The molecule has 0 fully saturated rings. The Hall–Kier alpha value is -0.570. The number of carbonyl (C=O) groups is 1. The first-order valence-electron chi connectivity index (χ1n) is 7.22. The third kappa shape index (κ3) is 6.67. The van der Waals surface area contributed by atoms with Crippen LogP contribution in [0.1, 0.15) is 59.8 Å². The fourth-order valence-electron chi connectivity index (χ4n) is 2.12. The van der Waals surface area contributed by atoms with Gasteiger partial charge < -0.3 is 5.32 Å². The summed E-state index contributed by atoms with van der Waals surface area (Å²) < 4.78 is 0. The van der Waals surface area contributed by atoms with Crippen molar-refractivity contribution in [3.63, 3.8) is 0 Å². The van der Waals surface area contributed by atoms with Gasteiger partial charge in [0.1, 0.15) is 0 Å². The van der Waals surface area contributed by atoms with Crippen molar-refractivity contribution in [1.29, 1.82) is 0 Å². The van der Waals surface area contributed by atoms with E-state index in [1.54, 1.807) is 0 Å². The van der Waals surface area contributed by atoms with Crippen LogP contribution in [0.3, 0.4) is 0 Å². The second kappa shape index (κ2) is 10.6. The summed E-state index contributed by atoms with van der Waals surface area (Å²) in [4.78, 5) is 14.4. The monoisotopic (exact) mass is 242 g/mol. The SMILES string of the molecule is CCCCCNC(=O)C(CCC)N(CC)CC. The molecule has 0 aliphatic heterocycles. The summed E-state index contributed by atoms with van der Waals surface area (Å²) in [5.74, 6) is 0.214. The van der Waals surface area contributed by atoms with Gasteiger partial charge in [0.05, 0.1) is 6.04 Å². The van der Waals surface area contributed by atoms with Gasteiger partial charge in [-0.15, -0.1) is 0 Å². The number of amides is 1. The Labute approximate surface area is 107 Å². The van der Waals surface area contributed by atoms with E-state index < -0.39 is 0 Å². The Kier molecular flexibility index (Phi) is 10.2. The maximum absolute atomic E-state index is 12.1. The smallest absolute Gasteiger partial charge is 0.237 e. The first kappa shape index (κ1) is 16.4. The van der Waals surface area contributed by atoms with Crippen LogP contribution < -0.4 is 5.32 Å². The lowest BCUT2D eigenvalue weighted by Crippen LogP contribution is -2.47. The minimum Gasteiger partial charge on any atom is -0.355 e. The van der Waals surface area contributed by atoms with Gasteiger partial charge in [-0.1, -0.05) is 47.0 Å². The van der Waals surface area contributed by atoms with Gasteiger partial charge in [-0.25, -0.2) is 0 Å². The molecule has 0 radical (unpaired) electrons. The van der Waals surface area contributed by atoms with Crippen LogP contribution in [0.15, 0.2) is 0 Å². The average Bonchev–Trinajstić information content (AvgIpc) is 2.34. The highest BCUT2D eigenvalue weighted by Gasteiger charge is 2.22. The highest BCUT2D eigenvalue weighted by molar-refractivity contribution is 5.81. The molecule has 0 rings (SSSR count). The second-order valence-electron chi connectivity index (χ2n) is 4.52. The lowest BCUT2D eigenvalue weighted by Gasteiger charge is -2.28. The molecule has 1 atom stereocenters. The van der Waals surface area contributed by atoms with Gasteiger partial charge in [0, 0.05) is 6.54 Å². The number of hydrogen-bond acceptors (Lipinski definition) is 2. The topological polar surface area (TPSA) is 32.3 Å². The summed E-state index contributed by atoms with van der Waals surface area (Å²) in [5.41, 5.74) is 0. The number of unbranched alkanes of at least 4 members (excludes halogenated alkanes) is 2. The second-order valence-corrected chi connectivity index (χ2v) is 4.52. The van der Waals surface area contributed by atoms with Crippen molar-refractivity contribution < 1.29 is 4.79 Å². The quantitative estimate of drug-likeness (QED) is 0.597. The van der Waals surface area contributed by atoms with E-state index in [1.807, 2.05) is 0 Å². The van der Waals surface area contributed by atoms with Crippen LogP contribution in [0.4, 0.5) is 0 Å². The number of likely N-dealkylation sites (N-methyl/N-ethyl adjacent to an activating group) is 1. The Morgan fingerprint density at radius 3 is 2.18 bits per heavy atom. The van der Waals surface area contributed by atoms with Crippen LogP contribution in [0.25, 0.3) is 0 Å². The van der Waals surface area contributed by atoms with E-state index in [0.29, 0.717) is 0 Å². The van der Waals surface area contributed by atoms with Gasteiger partial charge in [0.25, 0.3) is 0 Å². The lowest BCUT2D eigenvalue weighted by molar-refractivity contribution is -0.126. The van der Waals surface area contributed by atoms with Gasteiger partial charge in [-0.2, -0.15) is 0 Å². The van der Waals surface area contributed by atoms with Crippen LogP contribution in [0.2, 0.25) is 0 Å². The van der Waals surface area contributed by atoms with Gasteiger partial charge in [0.2, 0.25) is 5.91 Å². The number of nitrogens with zero attached hydrogens (tertiary/aromatic N) is 1. The maximum Gasteiger partial charge on any atom is 0.237 e. The summed E-state index contributed by atoms with van der Waals surface area (Å²) in [5, 5.41) is 3.07. The molecule has 0 spiro atoms. The summed E-state index contributed by atoms with van der Waals surface area (Å²) in [7, 11) is 0. The molecule has 0 aromatic carbocycles. The molecular weight excluding hydrogens is 212 g/mol. The van der Waals surface area contributed by atoms with E-state index in [-0.39, 0.29) is 11.9 Å².